The third-order valence-corrected chi connectivity index (χ3v) is 3.51. The Balaban J connectivity index is 1.96. The average Bonchev–Trinajstić information content (AvgIpc) is 2.73. The third kappa shape index (κ3) is 3.14. The molecular formula is C11H11BrN4S. The van der Waals surface area contributed by atoms with Crippen molar-refractivity contribution in [3.63, 3.8) is 0 Å². The number of nitrogens with zero attached hydrogens (tertiary/aromatic N) is 3. The van der Waals surface area contributed by atoms with E-state index in [0.717, 1.165) is 28.2 Å². The lowest BCUT2D eigenvalue weighted by molar-refractivity contribution is 0.954. The van der Waals surface area contributed by atoms with Gasteiger partial charge in [-0.3, -0.25) is 0 Å². The molecule has 0 radical (unpaired) electrons. The predicted octanol–water partition coefficient (Wildman–Crippen LogP) is 2.27. The molecule has 1 N–H and O–H groups in total. The van der Waals surface area contributed by atoms with Crippen molar-refractivity contribution in [3.05, 3.63) is 22.8 Å². The zero-order valence-corrected chi connectivity index (χ0v) is 11.5. The van der Waals surface area contributed by atoms with Crippen molar-refractivity contribution in [1.82, 2.24) is 14.6 Å². The van der Waals surface area contributed by atoms with Gasteiger partial charge in [0.05, 0.1) is 10.2 Å². The number of fused-ring (bicyclic) bond motifs is 1. The van der Waals surface area contributed by atoms with Crippen LogP contribution in [0.3, 0.4) is 0 Å². The van der Waals surface area contributed by atoms with Gasteiger partial charge in [0.1, 0.15) is 0 Å². The molecule has 0 saturated carbocycles. The number of nitrogens with one attached hydrogen (secondary N) is 1. The van der Waals surface area contributed by atoms with Gasteiger partial charge < -0.3 is 5.32 Å². The lowest BCUT2D eigenvalue weighted by atomic mass is 10.5. The molecule has 4 nitrogen and oxygen atoms in total. The first kappa shape index (κ1) is 12.3. The van der Waals surface area contributed by atoms with E-state index in [4.69, 9.17) is 6.42 Å². The zero-order valence-electron chi connectivity index (χ0n) is 9.06. The van der Waals surface area contributed by atoms with Crippen molar-refractivity contribution in [2.24, 2.45) is 0 Å². The largest absolute Gasteiger partial charge is 0.352 e. The Morgan fingerprint density at radius 1 is 1.59 bits per heavy atom. The number of anilines is 1. The van der Waals surface area contributed by atoms with Gasteiger partial charge in [0, 0.05) is 18.5 Å². The first-order chi connectivity index (χ1) is 8.31. The van der Waals surface area contributed by atoms with Crippen LogP contribution in [0, 0.1) is 12.3 Å². The van der Waals surface area contributed by atoms with Crippen LogP contribution >= 0.6 is 27.7 Å². The highest BCUT2D eigenvalue weighted by atomic mass is 79.9. The minimum absolute atomic E-state index is 0.637. The topological polar surface area (TPSA) is 42.2 Å². The van der Waals surface area contributed by atoms with E-state index in [0.29, 0.717) is 5.95 Å². The van der Waals surface area contributed by atoms with E-state index in [-0.39, 0.29) is 0 Å². The van der Waals surface area contributed by atoms with Crippen LogP contribution < -0.4 is 5.32 Å². The number of hydrogen-bond donors (Lipinski definition) is 1. The van der Waals surface area contributed by atoms with Gasteiger partial charge in [-0.25, -0.2) is 4.52 Å². The second kappa shape index (κ2) is 5.94. The van der Waals surface area contributed by atoms with Crippen LogP contribution in [0.5, 0.6) is 0 Å². The summed E-state index contributed by atoms with van der Waals surface area (Å²) >= 11 is 5.15. The lowest BCUT2D eigenvalue weighted by Crippen LogP contribution is -2.05. The molecule has 0 atom stereocenters. The molecule has 0 amide bonds. The van der Waals surface area contributed by atoms with Crippen molar-refractivity contribution < 1.29 is 0 Å². The van der Waals surface area contributed by atoms with Crippen LogP contribution in [0.1, 0.15) is 0 Å². The Labute approximate surface area is 112 Å². The standard InChI is InChI=1S/C11H11BrN4S/c1-2-7-17-8-5-13-11-14-10-9(12)4-3-6-16(10)15-11/h1,3-4,6H,5,7-8H2,(H,13,15). The molecule has 2 rings (SSSR count). The van der Waals surface area contributed by atoms with Crippen molar-refractivity contribution in [3.8, 4) is 12.3 Å². The highest BCUT2D eigenvalue weighted by Gasteiger charge is 2.04. The molecule has 0 bridgehead atoms. The fourth-order valence-electron chi connectivity index (χ4n) is 1.31. The van der Waals surface area contributed by atoms with Crippen molar-refractivity contribution in [2.75, 3.05) is 23.4 Å². The van der Waals surface area contributed by atoms with E-state index >= 15 is 0 Å². The van der Waals surface area contributed by atoms with E-state index in [1.54, 1.807) is 16.3 Å². The van der Waals surface area contributed by atoms with Gasteiger partial charge >= 0.3 is 0 Å². The number of pyridine rings is 1. The van der Waals surface area contributed by atoms with Crippen molar-refractivity contribution in [2.45, 2.75) is 0 Å². The second-order valence-electron chi connectivity index (χ2n) is 3.24. The molecule has 2 heterocycles. The van der Waals surface area contributed by atoms with E-state index in [9.17, 15) is 0 Å². The molecule has 2 aromatic heterocycles. The Kier molecular flexibility index (Phi) is 4.29. The van der Waals surface area contributed by atoms with E-state index in [2.05, 4.69) is 37.2 Å². The summed E-state index contributed by atoms with van der Waals surface area (Å²) in [5.74, 6) is 4.91. The molecule has 17 heavy (non-hydrogen) atoms. The molecular weight excluding hydrogens is 300 g/mol. The Bertz CT molecular complexity index is 546. The van der Waals surface area contributed by atoms with Gasteiger partial charge in [0.25, 0.3) is 0 Å². The highest BCUT2D eigenvalue weighted by Crippen LogP contribution is 2.16. The summed E-state index contributed by atoms with van der Waals surface area (Å²) in [5.41, 5.74) is 0.811. The summed E-state index contributed by atoms with van der Waals surface area (Å²) in [5, 5.41) is 7.47. The highest BCUT2D eigenvalue weighted by molar-refractivity contribution is 9.10. The summed E-state index contributed by atoms with van der Waals surface area (Å²) in [6.07, 6.45) is 7.03. The molecule has 0 fully saturated rings. The quantitative estimate of drug-likeness (QED) is 0.679. The van der Waals surface area contributed by atoms with E-state index < -0.39 is 0 Å². The average molecular weight is 311 g/mol. The maximum Gasteiger partial charge on any atom is 0.243 e. The summed E-state index contributed by atoms with van der Waals surface area (Å²) in [7, 11) is 0. The molecule has 0 aromatic carbocycles. The Morgan fingerprint density at radius 3 is 3.24 bits per heavy atom. The summed E-state index contributed by atoms with van der Waals surface area (Å²) in [6.45, 7) is 0.806. The molecule has 0 aliphatic heterocycles. The number of rotatable bonds is 5. The third-order valence-electron chi connectivity index (χ3n) is 2.03. The molecule has 0 aliphatic carbocycles. The van der Waals surface area contributed by atoms with Crippen LogP contribution in [0.4, 0.5) is 5.95 Å². The molecule has 2 aromatic rings. The number of halogens is 1. The molecule has 0 aliphatic rings. The summed E-state index contributed by atoms with van der Waals surface area (Å²) in [6, 6.07) is 3.86. The minimum atomic E-state index is 0.637. The van der Waals surface area contributed by atoms with Crippen molar-refractivity contribution in [1.29, 1.82) is 0 Å². The van der Waals surface area contributed by atoms with Gasteiger partial charge in [0.15, 0.2) is 5.65 Å². The predicted molar refractivity (Wildman–Crippen MR) is 75.3 cm³/mol. The number of terminal acetylenes is 1. The maximum absolute atomic E-state index is 5.17. The summed E-state index contributed by atoms with van der Waals surface area (Å²) < 4.78 is 2.67. The molecule has 0 spiro atoms. The van der Waals surface area contributed by atoms with Gasteiger partial charge in [-0.05, 0) is 28.1 Å². The van der Waals surface area contributed by atoms with Gasteiger partial charge in [-0.1, -0.05) is 5.92 Å². The van der Waals surface area contributed by atoms with Crippen LogP contribution in [0.15, 0.2) is 22.8 Å². The van der Waals surface area contributed by atoms with Crippen LogP contribution in [-0.4, -0.2) is 32.6 Å². The number of aromatic nitrogens is 3. The lowest BCUT2D eigenvalue weighted by Gasteiger charge is -1.98. The number of hydrogen-bond acceptors (Lipinski definition) is 4. The Hall–Kier alpha value is -1.19. The fourth-order valence-corrected chi connectivity index (χ4v) is 2.25. The molecule has 88 valence electrons. The molecule has 6 heteroatoms. The van der Waals surface area contributed by atoms with Gasteiger partial charge in [0.2, 0.25) is 5.95 Å². The maximum atomic E-state index is 5.17. The minimum Gasteiger partial charge on any atom is -0.352 e. The first-order valence-electron chi connectivity index (χ1n) is 5.07. The molecule has 0 unspecified atom stereocenters. The van der Waals surface area contributed by atoms with Crippen LogP contribution in [0.25, 0.3) is 5.65 Å². The normalized spacial score (nSPS) is 10.4. The SMILES string of the molecule is C#CCSCCNc1nc2c(Br)cccn2n1. The smallest absolute Gasteiger partial charge is 0.243 e. The zero-order chi connectivity index (χ0) is 12.1. The van der Waals surface area contributed by atoms with E-state index in [1.807, 2.05) is 18.3 Å². The van der Waals surface area contributed by atoms with Crippen LogP contribution in [-0.2, 0) is 0 Å². The molecule has 0 saturated heterocycles. The van der Waals surface area contributed by atoms with E-state index in [1.165, 1.54) is 0 Å². The first-order valence-corrected chi connectivity index (χ1v) is 7.02. The van der Waals surface area contributed by atoms with Crippen molar-refractivity contribution >= 4 is 39.3 Å². The van der Waals surface area contributed by atoms with Gasteiger partial charge in [-0.2, -0.15) is 4.98 Å². The fraction of sp³-hybridized carbons (Fsp3) is 0.273. The number of thioether (sulfide) groups is 1. The summed E-state index contributed by atoms with van der Waals surface area (Å²) in [4.78, 5) is 4.37. The van der Waals surface area contributed by atoms with Gasteiger partial charge in [-0.15, -0.1) is 23.3 Å². The monoisotopic (exact) mass is 310 g/mol. The Morgan fingerprint density at radius 2 is 2.47 bits per heavy atom. The second-order valence-corrected chi connectivity index (χ2v) is 5.20. The van der Waals surface area contributed by atoms with Crippen LogP contribution in [0.2, 0.25) is 0 Å².